The smallest absolute Gasteiger partial charge is 0.307 e. The molecule has 1 aromatic rings. The molecule has 0 aliphatic heterocycles. The molecular formula is C17H19N3O6. The number of nitro groups is 1. The summed E-state index contributed by atoms with van der Waals surface area (Å²) >= 11 is 0. The van der Waals surface area contributed by atoms with E-state index in [2.05, 4.69) is 10.9 Å². The Balaban J connectivity index is 1.64. The number of nitrogens with zero attached hydrogens (tertiary/aromatic N) is 1. The topological polar surface area (TPSA) is 139 Å². The van der Waals surface area contributed by atoms with Crippen LogP contribution in [0.15, 0.2) is 18.2 Å². The Morgan fingerprint density at radius 2 is 1.81 bits per heavy atom. The summed E-state index contributed by atoms with van der Waals surface area (Å²) in [7, 11) is 0. The number of hydrogen-bond donors (Lipinski definition) is 3. The number of nitrogens with one attached hydrogen (secondary N) is 2. The van der Waals surface area contributed by atoms with Crippen LogP contribution in [0.5, 0.6) is 0 Å². The quantitative estimate of drug-likeness (QED) is 0.547. The number of hydrazine groups is 1. The van der Waals surface area contributed by atoms with Crippen molar-refractivity contribution in [3.63, 3.8) is 0 Å². The van der Waals surface area contributed by atoms with Crippen molar-refractivity contribution in [1.82, 2.24) is 10.9 Å². The lowest BCUT2D eigenvalue weighted by Gasteiger charge is -2.26. The van der Waals surface area contributed by atoms with Crippen LogP contribution in [0.25, 0.3) is 0 Å². The van der Waals surface area contributed by atoms with Gasteiger partial charge in [-0.05, 0) is 50.2 Å². The van der Waals surface area contributed by atoms with Gasteiger partial charge in [-0.15, -0.1) is 0 Å². The van der Waals surface area contributed by atoms with Crippen molar-refractivity contribution >= 4 is 23.5 Å². The predicted molar refractivity (Wildman–Crippen MR) is 88.9 cm³/mol. The first-order chi connectivity index (χ1) is 12.3. The third kappa shape index (κ3) is 3.12. The van der Waals surface area contributed by atoms with E-state index in [0.29, 0.717) is 5.56 Å². The molecule has 2 fully saturated rings. The standard InChI is InChI=1S/C17H19N3O6/c1-8-6-11(4-5-12(8)20(25)26)15(21)18-19-16(22)13-9-2-3-10(7-9)14(13)17(23)24/h4-6,9-10,13-14H,2-3,7H2,1H3,(H,18,21)(H,19,22)(H,23,24)/t9-,10-,13-,14-/m0/s1. The fraction of sp³-hybridized carbons (Fsp3) is 0.471. The minimum Gasteiger partial charge on any atom is -0.481 e. The number of carboxylic acids is 1. The van der Waals surface area contributed by atoms with E-state index in [4.69, 9.17) is 0 Å². The van der Waals surface area contributed by atoms with E-state index >= 15 is 0 Å². The molecule has 2 amide bonds. The molecule has 0 spiro atoms. The highest BCUT2D eigenvalue weighted by Crippen LogP contribution is 2.52. The third-order valence-electron chi connectivity index (χ3n) is 5.46. The van der Waals surface area contributed by atoms with Gasteiger partial charge in [0.05, 0.1) is 16.8 Å². The van der Waals surface area contributed by atoms with Gasteiger partial charge in [0.25, 0.3) is 11.6 Å². The van der Waals surface area contributed by atoms with Crippen LogP contribution >= 0.6 is 0 Å². The van der Waals surface area contributed by atoms with Crippen molar-refractivity contribution in [2.75, 3.05) is 0 Å². The summed E-state index contributed by atoms with van der Waals surface area (Å²) in [5.74, 6) is -3.42. The Kier molecular flexibility index (Phi) is 4.62. The van der Waals surface area contributed by atoms with Gasteiger partial charge in [-0.2, -0.15) is 0 Å². The number of benzene rings is 1. The van der Waals surface area contributed by atoms with Gasteiger partial charge in [-0.3, -0.25) is 35.3 Å². The fourth-order valence-electron chi connectivity index (χ4n) is 4.30. The molecule has 26 heavy (non-hydrogen) atoms. The molecule has 0 radical (unpaired) electrons. The van der Waals surface area contributed by atoms with Gasteiger partial charge in [-0.1, -0.05) is 0 Å². The van der Waals surface area contributed by atoms with Gasteiger partial charge in [0.1, 0.15) is 0 Å². The van der Waals surface area contributed by atoms with Crippen LogP contribution < -0.4 is 10.9 Å². The van der Waals surface area contributed by atoms with Crippen molar-refractivity contribution in [3.05, 3.63) is 39.4 Å². The Morgan fingerprint density at radius 1 is 1.15 bits per heavy atom. The van der Waals surface area contributed by atoms with Gasteiger partial charge in [0, 0.05) is 17.2 Å². The fourth-order valence-corrected chi connectivity index (χ4v) is 4.30. The first-order valence-electron chi connectivity index (χ1n) is 8.37. The van der Waals surface area contributed by atoms with Crippen LogP contribution in [0.2, 0.25) is 0 Å². The highest BCUT2D eigenvalue weighted by atomic mass is 16.6. The van der Waals surface area contributed by atoms with Crippen LogP contribution in [0.4, 0.5) is 5.69 Å². The zero-order chi connectivity index (χ0) is 19.0. The average molecular weight is 361 g/mol. The van der Waals surface area contributed by atoms with E-state index in [1.807, 2.05) is 0 Å². The van der Waals surface area contributed by atoms with Crippen LogP contribution in [0.1, 0.15) is 35.2 Å². The molecule has 0 unspecified atom stereocenters. The van der Waals surface area contributed by atoms with Crippen molar-refractivity contribution in [2.45, 2.75) is 26.2 Å². The summed E-state index contributed by atoms with van der Waals surface area (Å²) in [6, 6.07) is 3.88. The molecule has 2 aliphatic carbocycles. The highest BCUT2D eigenvalue weighted by molar-refractivity contribution is 5.96. The normalized spacial score (nSPS) is 26.3. The van der Waals surface area contributed by atoms with Crippen LogP contribution in [-0.2, 0) is 9.59 Å². The molecule has 138 valence electrons. The van der Waals surface area contributed by atoms with Gasteiger partial charge >= 0.3 is 5.97 Å². The van der Waals surface area contributed by atoms with E-state index in [1.54, 1.807) is 0 Å². The Bertz CT molecular complexity index is 793. The first-order valence-corrected chi connectivity index (χ1v) is 8.37. The lowest BCUT2D eigenvalue weighted by molar-refractivity contribution is -0.385. The number of carbonyl (C=O) groups is 3. The number of hydrogen-bond acceptors (Lipinski definition) is 5. The summed E-state index contributed by atoms with van der Waals surface area (Å²) in [5.41, 5.74) is 4.97. The van der Waals surface area contributed by atoms with Crippen molar-refractivity contribution in [1.29, 1.82) is 0 Å². The molecule has 1 aromatic carbocycles. The number of rotatable bonds is 4. The van der Waals surface area contributed by atoms with Gasteiger partial charge in [0.2, 0.25) is 5.91 Å². The predicted octanol–water partition coefficient (Wildman–Crippen LogP) is 1.41. The van der Waals surface area contributed by atoms with Crippen molar-refractivity contribution < 1.29 is 24.4 Å². The Hall–Kier alpha value is -2.97. The molecule has 9 heteroatoms. The molecule has 2 aliphatic rings. The highest BCUT2D eigenvalue weighted by Gasteiger charge is 2.54. The number of nitro benzene ring substituents is 1. The molecule has 0 heterocycles. The molecule has 3 rings (SSSR count). The van der Waals surface area contributed by atoms with Crippen molar-refractivity contribution in [2.24, 2.45) is 23.7 Å². The maximum absolute atomic E-state index is 12.4. The van der Waals surface area contributed by atoms with E-state index in [0.717, 1.165) is 19.3 Å². The number of fused-ring (bicyclic) bond motifs is 2. The summed E-state index contributed by atoms with van der Waals surface area (Å²) in [6.45, 7) is 1.51. The molecule has 2 bridgehead atoms. The van der Waals surface area contributed by atoms with Crippen LogP contribution in [-0.4, -0.2) is 27.8 Å². The second kappa shape index (κ2) is 6.74. The first kappa shape index (κ1) is 17.8. The second-order valence-corrected chi connectivity index (χ2v) is 6.92. The third-order valence-corrected chi connectivity index (χ3v) is 5.46. The summed E-state index contributed by atoms with van der Waals surface area (Å²) in [6.07, 6.45) is 2.37. The van der Waals surface area contributed by atoms with E-state index in [-0.39, 0.29) is 23.1 Å². The number of amides is 2. The zero-order valence-corrected chi connectivity index (χ0v) is 14.1. The lowest BCUT2D eigenvalue weighted by Crippen LogP contribution is -2.48. The van der Waals surface area contributed by atoms with Gasteiger partial charge in [0.15, 0.2) is 0 Å². The molecule has 0 saturated heterocycles. The molecule has 4 atom stereocenters. The minimum absolute atomic E-state index is 0.0151. The van der Waals surface area contributed by atoms with Crippen LogP contribution in [0.3, 0.4) is 0 Å². The summed E-state index contributed by atoms with van der Waals surface area (Å²) in [4.78, 5) is 46.3. The number of carbonyl (C=O) groups excluding carboxylic acids is 2. The van der Waals surface area contributed by atoms with E-state index in [9.17, 15) is 29.6 Å². The molecule has 2 saturated carbocycles. The molecule has 0 aromatic heterocycles. The number of aryl methyl sites for hydroxylation is 1. The monoisotopic (exact) mass is 361 g/mol. The van der Waals surface area contributed by atoms with E-state index in [1.165, 1.54) is 25.1 Å². The maximum atomic E-state index is 12.4. The van der Waals surface area contributed by atoms with Gasteiger partial charge < -0.3 is 5.11 Å². The molecule has 9 nitrogen and oxygen atoms in total. The Labute approximate surface area is 148 Å². The number of carboxylic acid groups (broad SMARTS) is 1. The summed E-state index contributed by atoms with van der Waals surface area (Å²) < 4.78 is 0. The molecular weight excluding hydrogens is 342 g/mol. The minimum atomic E-state index is -0.977. The zero-order valence-electron chi connectivity index (χ0n) is 14.1. The maximum Gasteiger partial charge on any atom is 0.307 e. The van der Waals surface area contributed by atoms with E-state index < -0.39 is 34.5 Å². The Morgan fingerprint density at radius 3 is 2.38 bits per heavy atom. The largest absolute Gasteiger partial charge is 0.481 e. The molecule has 3 N–H and O–H groups in total. The van der Waals surface area contributed by atoms with Gasteiger partial charge in [-0.25, -0.2) is 0 Å². The average Bonchev–Trinajstić information content (AvgIpc) is 3.20. The summed E-state index contributed by atoms with van der Waals surface area (Å²) in [5, 5.41) is 20.2. The van der Waals surface area contributed by atoms with Crippen LogP contribution in [0, 0.1) is 40.7 Å². The SMILES string of the molecule is Cc1cc(C(=O)NNC(=O)[C@H]2[C@H]3CC[C@@H](C3)[C@@H]2C(=O)O)ccc1[N+](=O)[O-]. The number of aliphatic carboxylic acids is 1. The van der Waals surface area contributed by atoms with Crippen molar-refractivity contribution in [3.8, 4) is 0 Å². The second-order valence-electron chi connectivity index (χ2n) is 6.92. The lowest BCUT2D eigenvalue weighted by atomic mass is 9.79.